The van der Waals surface area contributed by atoms with Gasteiger partial charge >= 0.3 is 6.18 Å². The Bertz CT molecular complexity index is 1350. The van der Waals surface area contributed by atoms with E-state index < -0.39 is 23.8 Å². The van der Waals surface area contributed by atoms with Gasteiger partial charge in [0.25, 0.3) is 0 Å². The van der Waals surface area contributed by atoms with Crippen molar-refractivity contribution in [1.82, 2.24) is 15.5 Å². The Morgan fingerprint density at radius 1 is 0.950 bits per heavy atom. The number of halogens is 4. The summed E-state index contributed by atoms with van der Waals surface area (Å²) in [6.45, 7) is 2.45. The number of alkyl halides is 3. The molecule has 0 bridgehead atoms. The number of fused-ring (bicyclic) bond motifs is 1. The lowest BCUT2D eigenvalue weighted by molar-refractivity contribution is -0.139. The fourth-order valence-corrected chi connectivity index (χ4v) is 5.77. The third-order valence-electron chi connectivity index (χ3n) is 7.72. The Labute approximate surface area is 236 Å². The lowest BCUT2D eigenvalue weighted by Gasteiger charge is -2.36. The highest BCUT2D eigenvalue weighted by atomic mass is 35.5. The largest absolute Gasteiger partial charge is 0.416 e. The van der Waals surface area contributed by atoms with E-state index in [9.17, 15) is 22.8 Å². The quantitative estimate of drug-likeness (QED) is 0.393. The van der Waals surface area contributed by atoms with Crippen LogP contribution in [-0.4, -0.2) is 35.8 Å². The molecule has 0 aromatic heterocycles. The van der Waals surface area contributed by atoms with Gasteiger partial charge in [-0.1, -0.05) is 66.2 Å². The van der Waals surface area contributed by atoms with Crippen molar-refractivity contribution in [3.8, 4) is 0 Å². The normalized spacial score (nSPS) is 18.6. The summed E-state index contributed by atoms with van der Waals surface area (Å²) in [6, 6.07) is 19.0. The van der Waals surface area contributed by atoms with E-state index in [1.54, 1.807) is 23.1 Å². The number of carbonyl (C=O) groups is 2. The highest BCUT2D eigenvalue weighted by molar-refractivity contribution is 6.30. The van der Waals surface area contributed by atoms with Crippen LogP contribution >= 0.6 is 11.6 Å². The molecule has 0 saturated carbocycles. The molecule has 1 radical (unpaired) electrons. The topological polar surface area (TPSA) is 61.4 Å². The van der Waals surface area contributed by atoms with E-state index in [-0.39, 0.29) is 29.7 Å². The lowest BCUT2D eigenvalue weighted by atomic mass is 9.86. The summed E-state index contributed by atoms with van der Waals surface area (Å²) < 4.78 is 40.8. The first kappa shape index (κ1) is 28.2. The summed E-state index contributed by atoms with van der Waals surface area (Å²) in [5.41, 5.74) is 2.39. The summed E-state index contributed by atoms with van der Waals surface area (Å²) in [5, 5.41) is 6.67. The summed E-state index contributed by atoms with van der Waals surface area (Å²) in [4.78, 5) is 28.9. The highest BCUT2D eigenvalue weighted by Gasteiger charge is 2.37. The van der Waals surface area contributed by atoms with Crippen LogP contribution < -0.4 is 10.6 Å². The molecule has 5 nitrogen and oxygen atoms in total. The van der Waals surface area contributed by atoms with Crippen LogP contribution in [-0.2, 0) is 28.6 Å². The van der Waals surface area contributed by atoms with E-state index in [1.165, 1.54) is 12.1 Å². The van der Waals surface area contributed by atoms with E-state index >= 15 is 0 Å². The van der Waals surface area contributed by atoms with Crippen LogP contribution in [0.15, 0.2) is 72.8 Å². The number of rotatable bonds is 6. The number of hydrogen-bond donors (Lipinski definition) is 2. The second kappa shape index (κ2) is 12.0. The van der Waals surface area contributed by atoms with Crippen molar-refractivity contribution in [3.63, 3.8) is 0 Å². The molecule has 3 aromatic carbocycles. The number of piperidine rings is 1. The minimum absolute atomic E-state index is 0.251. The average Bonchev–Trinajstić information content (AvgIpc) is 2.97. The van der Waals surface area contributed by atoms with Gasteiger partial charge in [0.15, 0.2) is 0 Å². The molecule has 2 atom stereocenters. The zero-order valence-corrected chi connectivity index (χ0v) is 22.5. The van der Waals surface area contributed by atoms with Crippen LogP contribution in [0.2, 0.25) is 5.02 Å². The van der Waals surface area contributed by atoms with Gasteiger partial charge in [-0.3, -0.25) is 14.9 Å². The van der Waals surface area contributed by atoms with E-state index in [1.807, 2.05) is 42.9 Å². The maximum absolute atomic E-state index is 13.8. The molecule has 2 N–H and O–H groups in total. The Balaban J connectivity index is 1.32. The molecule has 1 fully saturated rings. The van der Waals surface area contributed by atoms with Crippen molar-refractivity contribution in [2.24, 2.45) is 0 Å². The predicted octanol–water partition coefficient (Wildman–Crippen LogP) is 5.84. The molecule has 2 aliphatic heterocycles. The number of benzene rings is 3. The minimum atomic E-state index is -4.43. The zero-order chi connectivity index (χ0) is 28.3. The second-order valence-corrected chi connectivity index (χ2v) is 10.7. The molecule has 5 rings (SSSR count). The van der Waals surface area contributed by atoms with Crippen LogP contribution in [0, 0.1) is 6.54 Å². The van der Waals surface area contributed by atoms with Gasteiger partial charge in [-0.25, -0.2) is 0 Å². The Morgan fingerprint density at radius 3 is 2.30 bits per heavy atom. The van der Waals surface area contributed by atoms with E-state index in [0.717, 1.165) is 22.8 Å². The van der Waals surface area contributed by atoms with Crippen LogP contribution in [0.25, 0.3) is 0 Å². The third-order valence-corrected chi connectivity index (χ3v) is 7.97. The van der Waals surface area contributed by atoms with Gasteiger partial charge in [-0.2, -0.15) is 13.2 Å². The van der Waals surface area contributed by atoms with Crippen LogP contribution in [0.4, 0.5) is 13.2 Å². The molecule has 9 heteroatoms. The molecular formula is C31H30ClF3N3O2. The fraction of sp³-hybridized carbons (Fsp3) is 0.323. The number of amides is 2. The molecule has 3 aromatic rings. The fourth-order valence-electron chi connectivity index (χ4n) is 5.65. The predicted molar refractivity (Wildman–Crippen MR) is 147 cm³/mol. The minimum Gasteiger partial charge on any atom is -0.342 e. The molecule has 1 unspecified atom stereocenters. The van der Waals surface area contributed by atoms with Crippen molar-refractivity contribution < 1.29 is 22.8 Å². The summed E-state index contributed by atoms with van der Waals surface area (Å²) in [5.74, 6) is -0.867. The number of nitrogens with zero attached hydrogens (tertiary/aromatic N) is 1. The van der Waals surface area contributed by atoms with E-state index in [4.69, 9.17) is 11.6 Å². The summed E-state index contributed by atoms with van der Waals surface area (Å²) >= 11 is 6.04. The van der Waals surface area contributed by atoms with Gasteiger partial charge in [0.2, 0.25) is 11.8 Å². The number of hydrogen-bond acceptors (Lipinski definition) is 3. The summed E-state index contributed by atoms with van der Waals surface area (Å²) in [6.07, 6.45) is -2.66. The Kier molecular flexibility index (Phi) is 8.47. The molecule has 209 valence electrons. The number of nitrogens with one attached hydrogen (secondary N) is 2. The first-order valence-electron chi connectivity index (χ1n) is 13.4. The van der Waals surface area contributed by atoms with Crippen molar-refractivity contribution in [3.05, 3.63) is 112 Å². The van der Waals surface area contributed by atoms with E-state index in [0.29, 0.717) is 37.4 Å². The Hall–Kier alpha value is -3.36. The van der Waals surface area contributed by atoms with Crippen molar-refractivity contribution in [2.45, 2.75) is 49.9 Å². The van der Waals surface area contributed by atoms with Gasteiger partial charge in [-0.05, 0) is 65.6 Å². The first-order valence-corrected chi connectivity index (χ1v) is 13.7. The number of likely N-dealkylation sites (tertiary alicyclic amines) is 1. The number of carbonyl (C=O) groups excluding carboxylic acids is 2. The first-order chi connectivity index (χ1) is 19.2. The standard InChI is InChI=1S/C31H30ClF3N3O2/c32-23-11-9-20(10-12-23)19-27(37-29(39)28-25-7-2-1-5-21(25)13-16-36-28)30(40)38-17-14-22(15-18-38)24-6-3-4-8-26(24)31(33,34)35/h1-12,16,22,27-28,36H,13-15,17-19H2,(H,37,39)/t27-,28?/m1/s1. The van der Waals surface area contributed by atoms with Crippen LogP contribution in [0.1, 0.15) is 52.6 Å². The van der Waals surface area contributed by atoms with Crippen LogP contribution in [0.5, 0.6) is 0 Å². The summed E-state index contributed by atoms with van der Waals surface area (Å²) in [7, 11) is 0. The molecule has 40 heavy (non-hydrogen) atoms. The van der Waals surface area contributed by atoms with Gasteiger partial charge in [0.05, 0.1) is 5.56 Å². The SMILES string of the molecule is O=C(N[C@H](Cc1ccc(Cl)cc1)C(=O)N1CCC(c2ccccc2C(F)(F)F)CC1)C1N[CH]Cc2ccccc21. The second-order valence-electron chi connectivity index (χ2n) is 10.3. The van der Waals surface area contributed by atoms with Crippen molar-refractivity contribution >= 4 is 23.4 Å². The molecule has 1 saturated heterocycles. The Morgan fingerprint density at radius 2 is 1.60 bits per heavy atom. The average molecular weight is 569 g/mol. The monoisotopic (exact) mass is 568 g/mol. The molecule has 2 aliphatic rings. The van der Waals surface area contributed by atoms with Crippen LogP contribution in [0.3, 0.4) is 0 Å². The molecular weight excluding hydrogens is 539 g/mol. The van der Waals surface area contributed by atoms with Gasteiger partial charge in [-0.15, -0.1) is 0 Å². The maximum Gasteiger partial charge on any atom is 0.416 e. The maximum atomic E-state index is 13.8. The van der Waals surface area contributed by atoms with E-state index in [2.05, 4.69) is 10.6 Å². The zero-order valence-electron chi connectivity index (χ0n) is 21.8. The van der Waals surface area contributed by atoms with Gasteiger partial charge in [0.1, 0.15) is 12.1 Å². The molecule has 0 spiro atoms. The lowest BCUT2D eigenvalue weighted by Crippen LogP contribution is -2.53. The molecule has 2 heterocycles. The molecule has 2 amide bonds. The molecule has 0 aliphatic carbocycles. The highest BCUT2D eigenvalue weighted by Crippen LogP contribution is 2.38. The van der Waals surface area contributed by atoms with Gasteiger partial charge < -0.3 is 10.2 Å². The van der Waals surface area contributed by atoms with Crippen molar-refractivity contribution in [1.29, 1.82) is 0 Å². The third kappa shape index (κ3) is 6.34. The van der Waals surface area contributed by atoms with Gasteiger partial charge in [0, 0.05) is 31.1 Å². The smallest absolute Gasteiger partial charge is 0.342 e. The van der Waals surface area contributed by atoms with Crippen molar-refractivity contribution in [2.75, 3.05) is 13.1 Å².